The molecule has 0 aromatic carbocycles. The first-order chi connectivity index (χ1) is 11.0. The molecular formula is C14H18N4O4S. The van der Waals surface area contributed by atoms with Gasteiger partial charge in [0.15, 0.2) is 0 Å². The predicted octanol–water partition coefficient (Wildman–Crippen LogP) is 0.229. The molecule has 1 unspecified atom stereocenters. The molecule has 9 heteroatoms. The van der Waals surface area contributed by atoms with Crippen LogP contribution < -0.4 is 10.0 Å². The van der Waals surface area contributed by atoms with Crippen molar-refractivity contribution in [2.24, 2.45) is 5.92 Å². The van der Waals surface area contributed by atoms with Crippen LogP contribution >= 0.6 is 0 Å². The molecule has 1 atom stereocenters. The maximum absolute atomic E-state index is 12.1. The van der Waals surface area contributed by atoms with Crippen molar-refractivity contribution in [3.63, 3.8) is 0 Å². The molecule has 0 spiro atoms. The van der Waals surface area contributed by atoms with Crippen molar-refractivity contribution in [1.29, 1.82) is 0 Å². The van der Waals surface area contributed by atoms with Gasteiger partial charge in [-0.05, 0) is 24.6 Å². The van der Waals surface area contributed by atoms with E-state index in [1.165, 1.54) is 0 Å². The summed E-state index contributed by atoms with van der Waals surface area (Å²) in [7, 11) is -3.53. The Morgan fingerprint density at radius 3 is 3.09 bits per heavy atom. The van der Waals surface area contributed by atoms with Crippen molar-refractivity contribution < 1.29 is 17.9 Å². The van der Waals surface area contributed by atoms with E-state index in [1.807, 2.05) is 0 Å². The first-order valence-electron chi connectivity index (χ1n) is 7.33. The molecule has 2 aromatic rings. The van der Waals surface area contributed by atoms with Gasteiger partial charge in [-0.3, -0.25) is 9.52 Å². The summed E-state index contributed by atoms with van der Waals surface area (Å²) >= 11 is 0. The Bertz CT molecular complexity index is 796. The minimum absolute atomic E-state index is 0.0690. The van der Waals surface area contributed by atoms with Crippen molar-refractivity contribution in [3.05, 3.63) is 30.6 Å². The average molecular weight is 338 g/mol. The van der Waals surface area contributed by atoms with Gasteiger partial charge >= 0.3 is 0 Å². The fourth-order valence-corrected chi connectivity index (χ4v) is 3.37. The summed E-state index contributed by atoms with van der Waals surface area (Å²) < 4.78 is 33.4. The number of ether oxygens (including phenoxy) is 1. The van der Waals surface area contributed by atoms with Crippen molar-refractivity contribution in [1.82, 2.24) is 14.9 Å². The lowest BCUT2D eigenvalue weighted by atomic mass is 10.1. The van der Waals surface area contributed by atoms with Crippen LogP contribution in [-0.4, -0.2) is 49.5 Å². The molecule has 2 N–H and O–H groups in total. The molecule has 1 amide bonds. The van der Waals surface area contributed by atoms with Crippen molar-refractivity contribution in [3.8, 4) is 0 Å². The first kappa shape index (κ1) is 15.8. The lowest BCUT2D eigenvalue weighted by Gasteiger charge is -2.11. The van der Waals surface area contributed by atoms with Crippen LogP contribution in [-0.2, 0) is 19.6 Å². The van der Waals surface area contributed by atoms with Gasteiger partial charge in [0, 0.05) is 25.5 Å². The monoisotopic (exact) mass is 338 g/mol. The quantitative estimate of drug-likeness (QED) is 0.785. The Hall–Kier alpha value is -2.13. The number of fused-ring (bicyclic) bond motifs is 1. The van der Waals surface area contributed by atoms with E-state index < -0.39 is 10.0 Å². The van der Waals surface area contributed by atoms with Gasteiger partial charge in [0.1, 0.15) is 0 Å². The summed E-state index contributed by atoms with van der Waals surface area (Å²) in [5.74, 6) is -0.509. The SMILES string of the molecule is O=C(NCCS(=O)(=O)Nc1ccn2nccc2c1)C1CCOC1. The Labute approximate surface area is 133 Å². The normalized spacial score (nSPS) is 18.2. The molecule has 2 aromatic heterocycles. The molecule has 3 rings (SSSR count). The largest absolute Gasteiger partial charge is 0.381 e. The fourth-order valence-electron chi connectivity index (χ4n) is 2.41. The van der Waals surface area contributed by atoms with Gasteiger partial charge in [-0.25, -0.2) is 12.9 Å². The Morgan fingerprint density at radius 2 is 2.30 bits per heavy atom. The standard InChI is InChI=1S/C14H18N4O4S/c19-14(11-3-7-22-10-11)15-5-8-23(20,21)17-12-2-6-18-13(9-12)1-4-16-18/h1-2,4,6,9,11,17H,3,5,7-8,10H2,(H,15,19). The molecule has 8 nitrogen and oxygen atoms in total. The maximum atomic E-state index is 12.1. The van der Waals surface area contributed by atoms with Gasteiger partial charge in [0.25, 0.3) is 0 Å². The zero-order valence-corrected chi connectivity index (χ0v) is 13.3. The molecule has 3 heterocycles. The number of pyridine rings is 1. The molecule has 1 saturated heterocycles. The van der Waals surface area contributed by atoms with Crippen LogP contribution in [0.1, 0.15) is 6.42 Å². The Morgan fingerprint density at radius 1 is 1.43 bits per heavy atom. The number of nitrogens with zero attached hydrogens (tertiary/aromatic N) is 2. The number of nitrogens with one attached hydrogen (secondary N) is 2. The van der Waals surface area contributed by atoms with Crippen LogP contribution in [0.5, 0.6) is 0 Å². The maximum Gasteiger partial charge on any atom is 0.234 e. The van der Waals surface area contributed by atoms with E-state index in [1.54, 1.807) is 35.1 Å². The molecule has 0 bridgehead atoms. The van der Waals surface area contributed by atoms with Gasteiger partial charge in [0.2, 0.25) is 15.9 Å². The number of anilines is 1. The fraction of sp³-hybridized carbons (Fsp3) is 0.429. The molecule has 1 fully saturated rings. The Balaban J connectivity index is 1.53. The second kappa shape index (κ2) is 6.55. The highest BCUT2D eigenvalue weighted by molar-refractivity contribution is 7.92. The van der Waals surface area contributed by atoms with Crippen molar-refractivity contribution in [2.45, 2.75) is 6.42 Å². The van der Waals surface area contributed by atoms with Crippen LogP contribution in [0.25, 0.3) is 5.52 Å². The van der Waals surface area contributed by atoms with E-state index in [0.717, 1.165) is 5.52 Å². The third kappa shape index (κ3) is 3.99. The van der Waals surface area contributed by atoms with E-state index >= 15 is 0 Å². The number of rotatable bonds is 6. The van der Waals surface area contributed by atoms with E-state index in [-0.39, 0.29) is 24.1 Å². The van der Waals surface area contributed by atoms with Crippen LogP contribution in [0.4, 0.5) is 5.69 Å². The summed E-state index contributed by atoms with van der Waals surface area (Å²) in [4.78, 5) is 11.8. The molecule has 0 saturated carbocycles. The highest BCUT2D eigenvalue weighted by Gasteiger charge is 2.23. The topological polar surface area (TPSA) is 102 Å². The highest BCUT2D eigenvalue weighted by Crippen LogP contribution is 2.13. The summed E-state index contributed by atoms with van der Waals surface area (Å²) in [5, 5.41) is 6.68. The molecule has 0 radical (unpaired) electrons. The number of hydrogen-bond donors (Lipinski definition) is 2. The third-order valence-corrected chi connectivity index (χ3v) is 4.93. The van der Waals surface area contributed by atoms with Crippen molar-refractivity contribution in [2.75, 3.05) is 30.2 Å². The van der Waals surface area contributed by atoms with E-state index in [4.69, 9.17) is 4.74 Å². The second-order valence-electron chi connectivity index (χ2n) is 5.39. The van der Waals surface area contributed by atoms with E-state index in [2.05, 4.69) is 15.1 Å². The average Bonchev–Trinajstić information content (AvgIpc) is 3.17. The summed E-state index contributed by atoms with van der Waals surface area (Å²) in [6.45, 7) is 1.05. The molecule has 23 heavy (non-hydrogen) atoms. The number of hydrogen-bond acceptors (Lipinski definition) is 5. The van der Waals surface area contributed by atoms with E-state index in [0.29, 0.717) is 25.3 Å². The highest BCUT2D eigenvalue weighted by atomic mass is 32.2. The van der Waals surface area contributed by atoms with Crippen LogP contribution in [0.3, 0.4) is 0 Å². The molecule has 124 valence electrons. The van der Waals surface area contributed by atoms with Crippen LogP contribution in [0, 0.1) is 5.92 Å². The third-order valence-electron chi connectivity index (χ3n) is 3.64. The van der Waals surface area contributed by atoms with Gasteiger partial charge in [0.05, 0.1) is 29.5 Å². The number of amides is 1. The zero-order valence-electron chi connectivity index (χ0n) is 12.4. The first-order valence-corrected chi connectivity index (χ1v) is 8.98. The van der Waals surface area contributed by atoms with Gasteiger partial charge in [-0.1, -0.05) is 0 Å². The second-order valence-corrected chi connectivity index (χ2v) is 7.23. The van der Waals surface area contributed by atoms with Gasteiger partial charge < -0.3 is 10.1 Å². The lowest BCUT2D eigenvalue weighted by molar-refractivity contribution is -0.124. The summed E-state index contributed by atoms with van der Waals surface area (Å²) in [5.41, 5.74) is 1.26. The summed E-state index contributed by atoms with van der Waals surface area (Å²) in [6.07, 6.45) is 3.99. The van der Waals surface area contributed by atoms with Crippen LogP contribution in [0.2, 0.25) is 0 Å². The van der Waals surface area contributed by atoms with Crippen LogP contribution in [0.15, 0.2) is 30.6 Å². The van der Waals surface area contributed by atoms with Gasteiger partial charge in [-0.15, -0.1) is 0 Å². The van der Waals surface area contributed by atoms with Gasteiger partial charge in [-0.2, -0.15) is 5.10 Å². The minimum Gasteiger partial charge on any atom is -0.381 e. The number of sulfonamides is 1. The smallest absolute Gasteiger partial charge is 0.234 e. The van der Waals surface area contributed by atoms with Crippen molar-refractivity contribution >= 4 is 27.1 Å². The lowest BCUT2D eigenvalue weighted by Crippen LogP contribution is -2.35. The van der Waals surface area contributed by atoms with E-state index in [9.17, 15) is 13.2 Å². The molecule has 1 aliphatic heterocycles. The number of aromatic nitrogens is 2. The number of carbonyl (C=O) groups excluding carboxylic acids is 1. The zero-order chi connectivity index (χ0) is 16.3. The Kier molecular flexibility index (Phi) is 4.49. The molecule has 1 aliphatic rings. The summed E-state index contributed by atoms with van der Waals surface area (Å²) in [6, 6.07) is 5.10. The predicted molar refractivity (Wildman–Crippen MR) is 84.5 cm³/mol. The molecule has 0 aliphatic carbocycles. The molecular weight excluding hydrogens is 320 g/mol. The number of carbonyl (C=O) groups is 1. The minimum atomic E-state index is -3.53.